The van der Waals surface area contributed by atoms with Crippen LogP contribution < -0.4 is 15.8 Å². The number of nitrogens with one attached hydrogen (secondary N) is 2. The zero-order chi connectivity index (χ0) is 30.8. The highest BCUT2D eigenvalue weighted by molar-refractivity contribution is 7.92. The number of hydrogen-bond acceptors (Lipinski definition) is 5. The third kappa shape index (κ3) is 6.98. The third-order valence-electron chi connectivity index (χ3n) is 8.62. The molecule has 1 saturated carbocycles. The van der Waals surface area contributed by atoms with Gasteiger partial charge in [-0.1, -0.05) is 31.4 Å². The van der Waals surface area contributed by atoms with Crippen LogP contribution >= 0.6 is 0 Å². The normalized spacial score (nSPS) is 20.2. The van der Waals surface area contributed by atoms with Gasteiger partial charge in [-0.2, -0.15) is 13.2 Å². The molecule has 230 valence electrons. The average Bonchev–Trinajstić information content (AvgIpc) is 3.35. The van der Waals surface area contributed by atoms with E-state index in [9.17, 15) is 31.2 Å². The molecule has 2 aliphatic rings. The monoisotopic (exact) mass is 615 g/mol. The summed E-state index contributed by atoms with van der Waals surface area (Å²) >= 11 is 0. The summed E-state index contributed by atoms with van der Waals surface area (Å²) < 4.78 is 66.8. The molecular formula is C32H36F3N3O4S. The molecule has 1 aromatic heterocycles. The van der Waals surface area contributed by atoms with E-state index in [1.807, 2.05) is 6.92 Å². The number of fused-ring (bicyclic) bond motifs is 1. The molecule has 11 heteroatoms. The second kappa shape index (κ2) is 12.6. The number of aromatic nitrogens is 1. The molecule has 1 aliphatic heterocycles. The molecule has 0 spiro atoms. The number of aromatic amines is 1. The molecule has 1 amide bonds. The lowest BCUT2D eigenvalue weighted by atomic mass is 10.0. The first-order valence-electron chi connectivity index (χ1n) is 14.8. The van der Waals surface area contributed by atoms with Crippen molar-refractivity contribution < 1.29 is 26.4 Å². The lowest BCUT2D eigenvalue weighted by molar-refractivity contribution is -0.136. The van der Waals surface area contributed by atoms with Crippen molar-refractivity contribution in [3.63, 3.8) is 0 Å². The van der Waals surface area contributed by atoms with E-state index < -0.39 is 27.1 Å². The average molecular weight is 616 g/mol. The van der Waals surface area contributed by atoms with E-state index in [0.717, 1.165) is 32.1 Å². The zero-order valence-corrected chi connectivity index (χ0v) is 24.8. The van der Waals surface area contributed by atoms with Crippen LogP contribution in [0.3, 0.4) is 0 Å². The molecule has 0 unspecified atom stereocenters. The van der Waals surface area contributed by atoms with E-state index in [0.29, 0.717) is 48.0 Å². The van der Waals surface area contributed by atoms with Crippen molar-refractivity contribution in [2.45, 2.75) is 86.7 Å². The standard InChI is InChI=1S/C32H36F3N3O4S/c1-21-7-11-23(38(21)24-12-15-29-27(19-24)28(32(33,34)35)20-31(40)37-29)17-18-36-30(39)16-10-22-8-13-26(14-9-22)43(41,42)25-5-3-2-4-6-25/h8-10,12-16,19-21,23,25H,2-7,11,17-18H2,1H3,(H,36,39)(H,37,40)/t21-,23-/m1/s1. The largest absolute Gasteiger partial charge is 0.417 e. The third-order valence-corrected chi connectivity index (χ3v) is 10.9. The number of carbonyl (C=O) groups excluding carboxylic acids is 1. The van der Waals surface area contributed by atoms with Gasteiger partial charge in [0.15, 0.2) is 9.84 Å². The van der Waals surface area contributed by atoms with Crippen molar-refractivity contribution in [2.24, 2.45) is 0 Å². The van der Waals surface area contributed by atoms with Crippen LogP contribution in [-0.2, 0) is 20.8 Å². The summed E-state index contributed by atoms with van der Waals surface area (Å²) in [6.45, 7) is 2.40. The van der Waals surface area contributed by atoms with Crippen LogP contribution in [0.5, 0.6) is 0 Å². The maximum atomic E-state index is 13.7. The van der Waals surface area contributed by atoms with E-state index in [1.165, 1.54) is 18.2 Å². The molecule has 2 fully saturated rings. The number of benzene rings is 2. The number of amides is 1. The van der Waals surface area contributed by atoms with Crippen LogP contribution in [0.1, 0.15) is 69.4 Å². The molecule has 2 heterocycles. The molecule has 3 aromatic rings. The number of anilines is 1. The number of pyridine rings is 1. The molecule has 5 rings (SSSR count). The topological polar surface area (TPSA) is 99.3 Å². The van der Waals surface area contributed by atoms with Gasteiger partial charge in [0.25, 0.3) is 0 Å². The summed E-state index contributed by atoms with van der Waals surface area (Å²) in [5, 5.41) is 2.50. The molecule has 0 radical (unpaired) electrons. The van der Waals surface area contributed by atoms with E-state index in [2.05, 4.69) is 15.2 Å². The quantitative estimate of drug-likeness (QED) is 0.293. The Morgan fingerprint density at radius 1 is 1.02 bits per heavy atom. The first kappa shape index (κ1) is 30.8. The number of alkyl halides is 3. The van der Waals surface area contributed by atoms with Crippen LogP contribution in [0.15, 0.2) is 64.3 Å². The Kier molecular flexibility index (Phi) is 9.01. The Hall–Kier alpha value is -3.60. The van der Waals surface area contributed by atoms with E-state index in [-0.39, 0.29) is 34.1 Å². The van der Waals surface area contributed by atoms with Crippen molar-refractivity contribution in [1.29, 1.82) is 0 Å². The number of hydrogen-bond donors (Lipinski definition) is 2. The minimum atomic E-state index is -4.66. The number of halogens is 3. The second-order valence-corrected chi connectivity index (χ2v) is 13.8. The van der Waals surface area contributed by atoms with Crippen molar-refractivity contribution in [2.75, 3.05) is 11.4 Å². The minimum absolute atomic E-state index is 0.0208. The molecule has 1 aliphatic carbocycles. The lowest BCUT2D eigenvalue weighted by Crippen LogP contribution is -2.37. The van der Waals surface area contributed by atoms with Gasteiger partial charge in [0, 0.05) is 47.4 Å². The van der Waals surface area contributed by atoms with Crippen molar-refractivity contribution in [3.8, 4) is 0 Å². The Morgan fingerprint density at radius 2 is 1.74 bits per heavy atom. The van der Waals surface area contributed by atoms with Gasteiger partial charge in [-0.05, 0) is 81.0 Å². The highest BCUT2D eigenvalue weighted by Gasteiger charge is 2.35. The molecule has 43 heavy (non-hydrogen) atoms. The van der Waals surface area contributed by atoms with Crippen molar-refractivity contribution in [3.05, 3.63) is 76.1 Å². The highest BCUT2D eigenvalue weighted by Crippen LogP contribution is 2.38. The molecule has 1 saturated heterocycles. The molecule has 2 atom stereocenters. The Bertz CT molecular complexity index is 1660. The lowest BCUT2D eigenvalue weighted by Gasteiger charge is -2.31. The summed E-state index contributed by atoms with van der Waals surface area (Å²) in [5.41, 5.74) is -0.281. The number of sulfone groups is 1. The molecule has 7 nitrogen and oxygen atoms in total. The number of rotatable bonds is 8. The number of H-pyrrole nitrogens is 1. The zero-order valence-electron chi connectivity index (χ0n) is 24.0. The summed E-state index contributed by atoms with van der Waals surface area (Å²) in [7, 11) is -3.35. The van der Waals surface area contributed by atoms with Gasteiger partial charge in [0.2, 0.25) is 11.5 Å². The fourth-order valence-corrected chi connectivity index (χ4v) is 8.24. The Labute approximate surface area is 249 Å². The predicted molar refractivity (Wildman–Crippen MR) is 162 cm³/mol. The van der Waals surface area contributed by atoms with Gasteiger partial charge in [-0.15, -0.1) is 0 Å². The summed E-state index contributed by atoms with van der Waals surface area (Å²) in [4.78, 5) is 29.2. The minimum Gasteiger partial charge on any atom is -0.366 e. The Morgan fingerprint density at radius 3 is 2.44 bits per heavy atom. The highest BCUT2D eigenvalue weighted by atomic mass is 32.2. The van der Waals surface area contributed by atoms with Crippen LogP contribution in [0.2, 0.25) is 0 Å². The van der Waals surface area contributed by atoms with Crippen LogP contribution in [0.4, 0.5) is 18.9 Å². The van der Waals surface area contributed by atoms with Gasteiger partial charge in [0.1, 0.15) is 0 Å². The summed E-state index contributed by atoms with van der Waals surface area (Å²) in [6.07, 6.45) is 5.03. The molecule has 0 bridgehead atoms. The van der Waals surface area contributed by atoms with Crippen LogP contribution in [0.25, 0.3) is 17.0 Å². The van der Waals surface area contributed by atoms with Gasteiger partial charge in [0.05, 0.1) is 15.7 Å². The maximum Gasteiger partial charge on any atom is 0.417 e. The van der Waals surface area contributed by atoms with Crippen LogP contribution in [-0.4, -0.2) is 43.2 Å². The SMILES string of the molecule is C[C@@H]1CC[C@H](CCNC(=O)C=Cc2ccc(S(=O)(=O)C3CCCCC3)cc2)N1c1ccc2[nH]c(=O)cc(C(F)(F)F)c2c1. The molecular weight excluding hydrogens is 579 g/mol. The van der Waals surface area contributed by atoms with Gasteiger partial charge in [-0.25, -0.2) is 8.42 Å². The van der Waals surface area contributed by atoms with E-state index >= 15 is 0 Å². The van der Waals surface area contributed by atoms with E-state index in [1.54, 1.807) is 36.4 Å². The maximum absolute atomic E-state index is 13.7. The fourth-order valence-electron chi connectivity index (χ4n) is 6.39. The van der Waals surface area contributed by atoms with Crippen molar-refractivity contribution >= 4 is 38.4 Å². The first-order valence-corrected chi connectivity index (χ1v) is 16.3. The van der Waals surface area contributed by atoms with Gasteiger partial charge in [-0.3, -0.25) is 9.59 Å². The Balaban J connectivity index is 1.19. The molecule has 2 aromatic carbocycles. The summed E-state index contributed by atoms with van der Waals surface area (Å²) in [6, 6.07) is 12.0. The van der Waals surface area contributed by atoms with Crippen molar-refractivity contribution in [1.82, 2.24) is 10.3 Å². The van der Waals surface area contributed by atoms with Gasteiger partial charge < -0.3 is 15.2 Å². The second-order valence-electron chi connectivity index (χ2n) is 11.5. The smallest absolute Gasteiger partial charge is 0.366 e. The number of carbonyl (C=O) groups is 1. The number of nitrogens with zero attached hydrogens (tertiary/aromatic N) is 1. The molecule has 2 N–H and O–H groups in total. The van der Waals surface area contributed by atoms with Crippen LogP contribution in [0, 0.1) is 0 Å². The fraction of sp³-hybridized carbons (Fsp3) is 0.438. The first-order chi connectivity index (χ1) is 20.4. The van der Waals surface area contributed by atoms with E-state index in [4.69, 9.17) is 0 Å². The predicted octanol–water partition coefficient (Wildman–Crippen LogP) is 6.23. The van der Waals surface area contributed by atoms with Gasteiger partial charge >= 0.3 is 6.18 Å². The summed E-state index contributed by atoms with van der Waals surface area (Å²) in [5.74, 6) is -0.291.